The van der Waals surface area contributed by atoms with Gasteiger partial charge in [0.1, 0.15) is 6.61 Å². The Hall–Kier alpha value is -4.79. The summed E-state index contributed by atoms with van der Waals surface area (Å²) < 4.78 is 24.3. The normalized spacial score (nSPS) is 18.3. The Kier molecular flexibility index (Phi) is 10.9. The minimum atomic E-state index is -0.152. The average molecular weight is 667 g/mol. The van der Waals surface area contributed by atoms with E-state index in [0.717, 1.165) is 69.0 Å². The molecule has 3 heterocycles. The van der Waals surface area contributed by atoms with E-state index in [9.17, 15) is 4.79 Å². The van der Waals surface area contributed by atoms with Crippen molar-refractivity contribution in [1.82, 2.24) is 19.4 Å². The Labute approximate surface area is 288 Å². The number of nitrogens with zero attached hydrogens (tertiary/aromatic N) is 6. The molecule has 258 valence electrons. The molecule has 6 rings (SSSR count). The first-order valence-electron chi connectivity index (χ1n) is 17.0. The summed E-state index contributed by atoms with van der Waals surface area (Å²) in [6, 6.07) is 24.4. The Morgan fingerprint density at radius 1 is 0.898 bits per heavy atom. The molecular weight excluding hydrogens is 620 g/mol. The third kappa shape index (κ3) is 7.31. The largest absolute Gasteiger partial charge is 0.493 e. The van der Waals surface area contributed by atoms with Crippen LogP contribution in [0.2, 0.25) is 0 Å². The van der Waals surface area contributed by atoms with Crippen molar-refractivity contribution in [2.45, 2.75) is 31.2 Å². The maximum Gasteiger partial charge on any atom is 0.254 e. The highest BCUT2D eigenvalue weighted by Gasteiger charge is 2.42. The van der Waals surface area contributed by atoms with Crippen LogP contribution in [0, 0.1) is 11.3 Å². The Balaban J connectivity index is 1.16. The topological polar surface area (TPSA) is 105 Å². The highest BCUT2D eigenvalue weighted by Crippen LogP contribution is 2.41. The van der Waals surface area contributed by atoms with E-state index in [1.165, 1.54) is 5.56 Å². The van der Waals surface area contributed by atoms with Crippen LogP contribution >= 0.6 is 0 Å². The van der Waals surface area contributed by atoms with Crippen molar-refractivity contribution in [2.75, 3.05) is 85.3 Å². The Morgan fingerprint density at radius 2 is 1.65 bits per heavy atom. The van der Waals surface area contributed by atoms with Gasteiger partial charge in [0.15, 0.2) is 11.5 Å². The lowest BCUT2D eigenvalue weighted by Gasteiger charge is -2.33. The lowest BCUT2D eigenvalue weighted by Crippen LogP contribution is -2.39. The monoisotopic (exact) mass is 666 g/mol. The highest BCUT2D eigenvalue weighted by atomic mass is 16.5. The van der Waals surface area contributed by atoms with Crippen LogP contribution in [-0.2, 0) is 16.7 Å². The zero-order valence-electron chi connectivity index (χ0n) is 28.8. The molecule has 2 fully saturated rings. The van der Waals surface area contributed by atoms with E-state index < -0.39 is 0 Å². The minimum absolute atomic E-state index is 0.0385. The minimum Gasteiger partial charge on any atom is -0.493 e. The number of ether oxygens (including phenoxy) is 4. The van der Waals surface area contributed by atoms with Crippen molar-refractivity contribution in [3.05, 3.63) is 77.9 Å². The summed E-state index contributed by atoms with van der Waals surface area (Å²) in [6.07, 6.45) is 2.87. The molecule has 0 radical (unpaired) electrons. The van der Waals surface area contributed by atoms with Crippen LogP contribution in [0.15, 0.2) is 66.7 Å². The van der Waals surface area contributed by atoms with Gasteiger partial charge in [-0.15, -0.1) is 0 Å². The summed E-state index contributed by atoms with van der Waals surface area (Å²) in [5.74, 6) is 2.33. The molecule has 49 heavy (non-hydrogen) atoms. The Morgan fingerprint density at radius 3 is 2.39 bits per heavy atom. The summed E-state index contributed by atoms with van der Waals surface area (Å²) in [5, 5.41) is 8.90. The number of rotatable bonds is 13. The molecule has 2 saturated heterocycles. The SMILES string of the molecule is COc1cc(C(=O)N2CCC(CCN3CCCN(c4nc5ccccc5n4CCOCC#N)CC3)(c3ccccc3)C2)cc(OC)c1OC. The average Bonchev–Trinajstić information content (AvgIpc) is 3.67. The highest BCUT2D eigenvalue weighted by molar-refractivity contribution is 5.96. The van der Waals surface area contributed by atoms with Crippen LogP contribution in [0.3, 0.4) is 0 Å². The molecule has 11 heteroatoms. The van der Waals surface area contributed by atoms with E-state index >= 15 is 0 Å². The van der Waals surface area contributed by atoms with Gasteiger partial charge >= 0.3 is 0 Å². The van der Waals surface area contributed by atoms with E-state index in [1.807, 2.05) is 17.0 Å². The smallest absolute Gasteiger partial charge is 0.254 e. The van der Waals surface area contributed by atoms with Gasteiger partial charge in [0.2, 0.25) is 11.7 Å². The number of benzene rings is 3. The van der Waals surface area contributed by atoms with Crippen LogP contribution in [0.5, 0.6) is 17.2 Å². The first-order valence-corrected chi connectivity index (χ1v) is 17.0. The standard InChI is InChI=1S/C38H46N6O5/c1-46-33-26-29(27-34(47-2)35(33)48-3)36(45)43-20-15-38(28-43,30-10-5-4-6-11-30)14-19-41-17-9-18-42(22-21-41)37-40-31-12-7-8-13-32(31)44(37)23-25-49-24-16-39/h4-8,10-13,26-27H,9,14-15,17-25,28H2,1-3H3. The van der Waals surface area contributed by atoms with E-state index in [0.29, 0.717) is 49.1 Å². The third-order valence-corrected chi connectivity index (χ3v) is 9.98. The van der Waals surface area contributed by atoms with Crippen molar-refractivity contribution in [2.24, 2.45) is 0 Å². The number of likely N-dealkylation sites (tertiary alicyclic amines) is 1. The molecule has 1 amide bonds. The lowest BCUT2D eigenvalue weighted by molar-refractivity contribution is 0.0780. The molecule has 11 nitrogen and oxygen atoms in total. The summed E-state index contributed by atoms with van der Waals surface area (Å²) in [4.78, 5) is 25.9. The van der Waals surface area contributed by atoms with Crippen LogP contribution in [-0.4, -0.2) is 106 Å². The number of anilines is 1. The molecule has 3 aromatic carbocycles. The first-order chi connectivity index (χ1) is 24.0. The summed E-state index contributed by atoms with van der Waals surface area (Å²) in [5.41, 5.74) is 3.69. The molecule has 1 atom stereocenters. The second-order valence-corrected chi connectivity index (χ2v) is 12.7. The van der Waals surface area contributed by atoms with Gasteiger partial charge in [0.05, 0.1) is 45.0 Å². The molecule has 1 aromatic heterocycles. The fourth-order valence-electron chi connectivity index (χ4n) is 7.37. The molecule has 0 bridgehead atoms. The van der Waals surface area contributed by atoms with Crippen LogP contribution in [0.1, 0.15) is 35.2 Å². The predicted molar refractivity (Wildman–Crippen MR) is 189 cm³/mol. The quantitative estimate of drug-likeness (QED) is 0.183. The fourth-order valence-corrected chi connectivity index (χ4v) is 7.37. The van der Waals surface area contributed by atoms with E-state index in [4.69, 9.17) is 29.2 Å². The molecule has 2 aliphatic rings. The van der Waals surface area contributed by atoms with Crippen molar-refractivity contribution in [3.8, 4) is 23.3 Å². The van der Waals surface area contributed by atoms with Gasteiger partial charge < -0.3 is 38.2 Å². The molecule has 2 aliphatic heterocycles. The fraction of sp³-hybridized carbons (Fsp3) is 0.447. The molecule has 0 aliphatic carbocycles. The van der Waals surface area contributed by atoms with Crippen molar-refractivity contribution < 1.29 is 23.7 Å². The van der Waals surface area contributed by atoms with E-state index in [-0.39, 0.29) is 17.9 Å². The van der Waals surface area contributed by atoms with Gasteiger partial charge in [-0.05, 0) is 62.2 Å². The number of para-hydroxylation sites is 2. The van der Waals surface area contributed by atoms with Crippen molar-refractivity contribution in [3.63, 3.8) is 0 Å². The number of carbonyl (C=O) groups excluding carboxylic acids is 1. The lowest BCUT2D eigenvalue weighted by atomic mass is 9.76. The number of amides is 1. The van der Waals surface area contributed by atoms with Gasteiger partial charge in [-0.25, -0.2) is 4.98 Å². The van der Waals surface area contributed by atoms with Gasteiger partial charge in [-0.1, -0.05) is 42.5 Å². The van der Waals surface area contributed by atoms with Crippen molar-refractivity contribution >= 4 is 22.9 Å². The third-order valence-electron chi connectivity index (χ3n) is 9.98. The summed E-state index contributed by atoms with van der Waals surface area (Å²) in [7, 11) is 4.69. The molecule has 0 saturated carbocycles. The van der Waals surface area contributed by atoms with Crippen LogP contribution in [0.25, 0.3) is 11.0 Å². The van der Waals surface area contributed by atoms with E-state index in [2.05, 4.69) is 62.9 Å². The van der Waals surface area contributed by atoms with Crippen molar-refractivity contribution in [1.29, 1.82) is 5.26 Å². The Bertz CT molecular complexity index is 1750. The van der Waals surface area contributed by atoms with Crippen LogP contribution < -0.4 is 19.1 Å². The molecule has 4 aromatic rings. The number of imidazole rings is 1. The van der Waals surface area contributed by atoms with Crippen LogP contribution in [0.4, 0.5) is 5.95 Å². The van der Waals surface area contributed by atoms with Gasteiger partial charge in [-0.2, -0.15) is 5.26 Å². The van der Waals surface area contributed by atoms with E-state index in [1.54, 1.807) is 33.5 Å². The molecule has 0 N–H and O–H groups in total. The zero-order valence-corrected chi connectivity index (χ0v) is 28.8. The zero-order chi connectivity index (χ0) is 34.2. The van der Waals surface area contributed by atoms with Gasteiger partial charge in [0.25, 0.3) is 5.91 Å². The van der Waals surface area contributed by atoms with Gasteiger partial charge in [-0.3, -0.25) is 4.79 Å². The predicted octanol–water partition coefficient (Wildman–Crippen LogP) is 4.99. The number of nitriles is 1. The molecule has 1 unspecified atom stereocenters. The number of aromatic nitrogens is 2. The summed E-state index contributed by atoms with van der Waals surface area (Å²) in [6.45, 7) is 7.15. The number of fused-ring (bicyclic) bond motifs is 1. The number of methoxy groups -OCH3 is 3. The molecule has 0 spiro atoms. The van der Waals surface area contributed by atoms with Gasteiger partial charge in [0, 0.05) is 50.2 Å². The second-order valence-electron chi connectivity index (χ2n) is 12.7. The first kappa shape index (κ1) is 34.1. The molecular formula is C38H46N6O5. The number of carbonyl (C=O) groups is 1. The second kappa shape index (κ2) is 15.6. The summed E-state index contributed by atoms with van der Waals surface area (Å²) >= 11 is 0. The number of hydrogen-bond acceptors (Lipinski definition) is 9. The maximum atomic E-state index is 13.9. The maximum absolute atomic E-state index is 13.9. The number of hydrogen-bond donors (Lipinski definition) is 0.